The largest absolute Gasteiger partial charge is 0.491 e. The van der Waals surface area contributed by atoms with E-state index in [0.717, 1.165) is 34.7 Å². The van der Waals surface area contributed by atoms with Crippen molar-refractivity contribution in [1.82, 2.24) is 14.7 Å². The first-order valence-corrected chi connectivity index (χ1v) is 10.7. The Bertz CT molecular complexity index is 1150. The minimum atomic E-state index is -0.144. The molecule has 0 atom stereocenters. The van der Waals surface area contributed by atoms with E-state index in [9.17, 15) is 4.79 Å². The molecule has 1 aromatic carbocycles. The number of aliphatic imine (C=N–C) groups is 1. The molecule has 1 N–H and O–H groups in total. The highest BCUT2D eigenvalue weighted by Gasteiger charge is 2.15. The molecule has 0 radical (unpaired) electrons. The van der Waals surface area contributed by atoms with Crippen LogP contribution in [0.25, 0.3) is 11.2 Å². The van der Waals surface area contributed by atoms with Crippen molar-refractivity contribution in [3.63, 3.8) is 0 Å². The van der Waals surface area contributed by atoms with Crippen LogP contribution < -0.4 is 10.1 Å². The third-order valence-electron chi connectivity index (χ3n) is 4.92. The van der Waals surface area contributed by atoms with Crippen molar-refractivity contribution < 1.29 is 9.53 Å². The van der Waals surface area contributed by atoms with E-state index in [1.807, 2.05) is 80.8 Å². The Morgan fingerprint density at radius 1 is 1.28 bits per heavy atom. The molecule has 2 aromatic heterocycles. The average molecular weight is 431 g/mol. The van der Waals surface area contributed by atoms with Crippen LogP contribution >= 0.6 is 0 Å². The second-order valence-corrected chi connectivity index (χ2v) is 7.79. The molecule has 3 aromatic rings. The van der Waals surface area contributed by atoms with Crippen LogP contribution in [0.1, 0.15) is 48.1 Å². The van der Waals surface area contributed by atoms with E-state index in [-0.39, 0.29) is 12.0 Å². The zero-order valence-corrected chi connectivity index (χ0v) is 19.1. The van der Waals surface area contributed by atoms with Crippen LogP contribution in [-0.2, 0) is 6.42 Å². The van der Waals surface area contributed by atoms with E-state index in [1.54, 1.807) is 12.3 Å². The molecule has 32 heavy (non-hydrogen) atoms. The van der Waals surface area contributed by atoms with Crippen LogP contribution in [0.3, 0.4) is 0 Å². The second-order valence-electron chi connectivity index (χ2n) is 7.79. The summed E-state index contributed by atoms with van der Waals surface area (Å²) >= 11 is 0. The number of hydrogen-bond acceptors (Lipinski definition) is 4. The summed E-state index contributed by atoms with van der Waals surface area (Å²) in [5, 5.41) is 3.01. The first-order valence-electron chi connectivity index (χ1n) is 10.7. The van der Waals surface area contributed by atoms with Crippen molar-refractivity contribution in [3.05, 3.63) is 83.5 Å². The predicted molar refractivity (Wildman–Crippen MR) is 131 cm³/mol. The monoisotopic (exact) mass is 430 g/mol. The standard InChI is InChI=1S/C26H30N4O2/c1-6-7-21(17-27-5)24-16-19(4)30-15-13-23(25(30)29-24)26(31)28-14-12-20-8-10-22(11-9-20)32-18(2)3/h6-11,13,15-18H,5,12,14H2,1-4H3,(H,28,31)/b7-6-,21-17+. The minimum Gasteiger partial charge on any atom is -0.491 e. The lowest BCUT2D eigenvalue weighted by atomic mass is 10.1. The van der Waals surface area contributed by atoms with Gasteiger partial charge in [-0.25, -0.2) is 4.98 Å². The van der Waals surface area contributed by atoms with Gasteiger partial charge in [0, 0.05) is 30.2 Å². The van der Waals surface area contributed by atoms with Crippen LogP contribution in [0.2, 0.25) is 0 Å². The first-order chi connectivity index (χ1) is 15.4. The fourth-order valence-corrected chi connectivity index (χ4v) is 3.46. The maximum atomic E-state index is 12.9. The molecule has 0 unspecified atom stereocenters. The van der Waals surface area contributed by atoms with Crippen LogP contribution in [0.4, 0.5) is 0 Å². The van der Waals surface area contributed by atoms with Gasteiger partial charge in [-0.15, -0.1) is 0 Å². The van der Waals surface area contributed by atoms with Gasteiger partial charge in [0.1, 0.15) is 11.4 Å². The summed E-state index contributed by atoms with van der Waals surface area (Å²) in [6.07, 6.45) is 8.26. The zero-order chi connectivity index (χ0) is 23.1. The molecule has 3 rings (SSSR count). The fraction of sp³-hybridized carbons (Fsp3) is 0.269. The van der Waals surface area contributed by atoms with E-state index < -0.39 is 0 Å². The van der Waals surface area contributed by atoms with Crippen molar-refractivity contribution in [2.75, 3.05) is 6.54 Å². The summed E-state index contributed by atoms with van der Waals surface area (Å²) in [6.45, 7) is 12.0. The Morgan fingerprint density at radius 2 is 2.03 bits per heavy atom. The highest BCUT2D eigenvalue weighted by molar-refractivity contribution is 6.00. The van der Waals surface area contributed by atoms with E-state index in [2.05, 4.69) is 17.0 Å². The number of ether oxygens (including phenoxy) is 1. The maximum absolute atomic E-state index is 12.9. The summed E-state index contributed by atoms with van der Waals surface area (Å²) in [7, 11) is 0. The molecule has 6 nitrogen and oxygen atoms in total. The van der Waals surface area contributed by atoms with Gasteiger partial charge in [0.2, 0.25) is 0 Å². The van der Waals surface area contributed by atoms with Gasteiger partial charge in [0.05, 0.1) is 17.4 Å². The van der Waals surface area contributed by atoms with Gasteiger partial charge in [0.15, 0.2) is 0 Å². The molecule has 0 spiro atoms. The van der Waals surface area contributed by atoms with Gasteiger partial charge in [-0.05, 0) is 70.7 Å². The molecule has 0 bridgehead atoms. The number of rotatable bonds is 9. The molecule has 166 valence electrons. The Balaban J connectivity index is 1.74. The minimum absolute atomic E-state index is 0.144. The lowest BCUT2D eigenvalue weighted by Crippen LogP contribution is -2.25. The van der Waals surface area contributed by atoms with Crippen molar-refractivity contribution >= 4 is 23.8 Å². The van der Waals surface area contributed by atoms with Crippen LogP contribution in [0.15, 0.2) is 65.9 Å². The summed E-state index contributed by atoms with van der Waals surface area (Å²) in [5.41, 5.74) is 4.86. The van der Waals surface area contributed by atoms with Crippen molar-refractivity contribution in [2.24, 2.45) is 4.99 Å². The van der Waals surface area contributed by atoms with E-state index in [4.69, 9.17) is 9.72 Å². The summed E-state index contributed by atoms with van der Waals surface area (Å²) in [6, 6.07) is 11.7. The molecule has 0 saturated carbocycles. The third kappa shape index (κ3) is 5.52. The Hall–Kier alpha value is -3.67. The zero-order valence-electron chi connectivity index (χ0n) is 19.1. The number of hydrogen-bond donors (Lipinski definition) is 1. The number of nitrogens with zero attached hydrogens (tertiary/aromatic N) is 3. The van der Waals surface area contributed by atoms with Crippen molar-refractivity contribution in [2.45, 2.75) is 40.2 Å². The van der Waals surface area contributed by atoms with Gasteiger partial charge in [0.25, 0.3) is 5.91 Å². The Labute approximate surface area is 189 Å². The number of amides is 1. The second kappa shape index (κ2) is 10.6. The van der Waals surface area contributed by atoms with Gasteiger partial charge in [-0.3, -0.25) is 9.79 Å². The smallest absolute Gasteiger partial charge is 0.255 e. The quantitative estimate of drug-likeness (QED) is 0.383. The fourth-order valence-electron chi connectivity index (χ4n) is 3.46. The van der Waals surface area contributed by atoms with Gasteiger partial charge in [-0.1, -0.05) is 24.3 Å². The van der Waals surface area contributed by atoms with Crippen molar-refractivity contribution in [3.8, 4) is 5.75 Å². The normalized spacial score (nSPS) is 12.0. The number of nitrogens with one attached hydrogen (secondary N) is 1. The summed E-state index contributed by atoms with van der Waals surface area (Å²) < 4.78 is 7.59. The van der Waals surface area contributed by atoms with Gasteiger partial charge >= 0.3 is 0 Å². The molecular formula is C26H30N4O2. The predicted octanol–water partition coefficient (Wildman–Crippen LogP) is 5.02. The number of aryl methyl sites for hydroxylation is 1. The Morgan fingerprint density at radius 3 is 2.69 bits per heavy atom. The number of aromatic nitrogens is 2. The lowest BCUT2D eigenvalue weighted by molar-refractivity contribution is 0.0955. The number of allylic oxidation sites excluding steroid dienone is 3. The molecule has 1 amide bonds. The van der Waals surface area contributed by atoms with Crippen LogP contribution in [0.5, 0.6) is 5.75 Å². The SMILES string of the molecule is C=N/C=C(\C=C/C)c1cc(C)n2ccc(C(=O)NCCc3ccc(OC(C)C)cc3)c2n1. The molecular weight excluding hydrogens is 400 g/mol. The molecule has 6 heteroatoms. The van der Waals surface area contributed by atoms with Crippen LogP contribution in [0, 0.1) is 6.92 Å². The molecule has 0 aliphatic rings. The maximum Gasteiger partial charge on any atom is 0.255 e. The average Bonchev–Trinajstić information content (AvgIpc) is 3.19. The summed E-state index contributed by atoms with van der Waals surface area (Å²) in [4.78, 5) is 21.5. The van der Waals surface area contributed by atoms with Crippen molar-refractivity contribution in [1.29, 1.82) is 0 Å². The Kier molecular flexibility index (Phi) is 7.60. The van der Waals surface area contributed by atoms with Gasteiger partial charge in [-0.2, -0.15) is 0 Å². The van der Waals surface area contributed by atoms with E-state index in [0.29, 0.717) is 17.8 Å². The molecule has 2 heterocycles. The first kappa shape index (κ1) is 23.0. The van der Waals surface area contributed by atoms with Gasteiger partial charge < -0.3 is 14.5 Å². The number of benzene rings is 1. The summed E-state index contributed by atoms with van der Waals surface area (Å²) in [5.74, 6) is 0.707. The number of carbonyl (C=O) groups excluding carboxylic acids is 1. The molecule has 0 saturated heterocycles. The third-order valence-corrected chi connectivity index (χ3v) is 4.92. The van der Waals surface area contributed by atoms with E-state index >= 15 is 0 Å². The molecule has 0 aliphatic carbocycles. The number of fused-ring (bicyclic) bond motifs is 1. The number of carbonyl (C=O) groups is 1. The van der Waals surface area contributed by atoms with E-state index in [1.165, 1.54) is 0 Å². The lowest BCUT2D eigenvalue weighted by Gasteiger charge is -2.10. The highest BCUT2D eigenvalue weighted by atomic mass is 16.5. The van der Waals surface area contributed by atoms with Crippen LogP contribution in [-0.4, -0.2) is 34.7 Å². The molecule has 0 fully saturated rings. The molecule has 0 aliphatic heterocycles. The highest BCUT2D eigenvalue weighted by Crippen LogP contribution is 2.20. The topological polar surface area (TPSA) is 68.0 Å².